The van der Waals surface area contributed by atoms with Crippen LogP contribution in [0, 0.1) is 22.2 Å². The SMILES string of the molecule is C[C-](C)C(C)(C)/C=C/C(C)(C)C(C)(C)C.[Y+3]. The van der Waals surface area contributed by atoms with Gasteiger partial charge in [0.15, 0.2) is 0 Å². The van der Waals surface area contributed by atoms with Crippen LogP contribution in [0.3, 0.4) is 0 Å². The first-order chi connectivity index (χ1) is 6.40. The van der Waals surface area contributed by atoms with Gasteiger partial charge in [0.2, 0.25) is 0 Å². The fourth-order valence-electron chi connectivity index (χ4n) is 0.833. The summed E-state index contributed by atoms with van der Waals surface area (Å²) >= 11 is 0. The van der Waals surface area contributed by atoms with E-state index in [1.165, 1.54) is 5.92 Å². The van der Waals surface area contributed by atoms with Gasteiger partial charge in [-0.3, -0.25) is 0 Å². The van der Waals surface area contributed by atoms with Gasteiger partial charge in [0.1, 0.15) is 0 Å². The van der Waals surface area contributed by atoms with E-state index in [0.29, 0.717) is 5.41 Å². The summed E-state index contributed by atoms with van der Waals surface area (Å²) in [7, 11) is 0. The molecular weight excluding hydrogens is 269 g/mol. The second-order valence-corrected chi connectivity index (χ2v) is 7.03. The van der Waals surface area contributed by atoms with E-state index in [2.05, 4.69) is 74.5 Å². The Labute approximate surface area is 129 Å². The van der Waals surface area contributed by atoms with Crippen molar-refractivity contribution in [2.24, 2.45) is 16.2 Å². The minimum Gasteiger partial charge on any atom is -0.310 e. The Morgan fingerprint density at radius 3 is 1.38 bits per heavy atom. The van der Waals surface area contributed by atoms with Crippen LogP contribution in [0.15, 0.2) is 12.2 Å². The molecule has 0 N–H and O–H groups in total. The molecule has 0 spiro atoms. The van der Waals surface area contributed by atoms with Gasteiger partial charge in [-0.1, -0.05) is 54.5 Å². The minimum absolute atomic E-state index is 0. The molecule has 0 aliphatic rings. The third-order valence-electron chi connectivity index (χ3n) is 4.14. The Bertz CT molecular complexity index is 226. The van der Waals surface area contributed by atoms with Crippen LogP contribution in [0.2, 0.25) is 0 Å². The van der Waals surface area contributed by atoms with Gasteiger partial charge in [0.25, 0.3) is 0 Å². The van der Waals surface area contributed by atoms with Crippen molar-refractivity contribution in [1.29, 1.82) is 0 Å². The molecule has 0 saturated carbocycles. The number of hydrogen-bond donors (Lipinski definition) is 0. The van der Waals surface area contributed by atoms with Crippen LogP contribution in [0.5, 0.6) is 0 Å². The van der Waals surface area contributed by atoms with Gasteiger partial charge in [0, 0.05) is 0 Å². The summed E-state index contributed by atoms with van der Waals surface area (Å²) < 4.78 is 0. The van der Waals surface area contributed by atoms with Crippen molar-refractivity contribution < 1.29 is 32.7 Å². The van der Waals surface area contributed by atoms with E-state index in [9.17, 15) is 0 Å². The van der Waals surface area contributed by atoms with E-state index in [1.54, 1.807) is 0 Å². The van der Waals surface area contributed by atoms with Crippen LogP contribution in [-0.2, 0) is 32.7 Å². The largest absolute Gasteiger partial charge is 3.00 e. The van der Waals surface area contributed by atoms with Crippen LogP contribution in [-0.4, -0.2) is 0 Å². The van der Waals surface area contributed by atoms with E-state index >= 15 is 0 Å². The number of rotatable bonds is 3. The Hall–Kier alpha value is 0.844. The zero-order valence-corrected chi connectivity index (χ0v) is 15.6. The normalized spacial score (nSPS) is 14.4. The van der Waals surface area contributed by atoms with Gasteiger partial charge in [-0.05, 0) is 10.8 Å². The summed E-state index contributed by atoms with van der Waals surface area (Å²) in [6.45, 7) is 20.5. The third kappa shape index (κ3) is 5.45. The molecule has 0 aliphatic heterocycles. The summed E-state index contributed by atoms with van der Waals surface area (Å²) in [5.74, 6) is 1.46. The standard InChI is InChI=1S/C15H29.Y/c1-12(2)14(6,7)10-11-15(8,9)13(3,4)5;/h10-11H,1-9H3;/q-1;+3/b11-10+;. The Balaban J connectivity index is 0. The summed E-state index contributed by atoms with van der Waals surface area (Å²) in [5.41, 5.74) is 0.753. The topological polar surface area (TPSA) is 0 Å². The number of hydrogen-bond acceptors (Lipinski definition) is 0. The molecule has 0 aliphatic carbocycles. The summed E-state index contributed by atoms with van der Waals surface area (Å²) in [4.78, 5) is 0. The van der Waals surface area contributed by atoms with Crippen molar-refractivity contribution in [2.45, 2.75) is 62.3 Å². The van der Waals surface area contributed by atoms with E-state index in [0.717, 1.165) is 0 Å². The van der Waals surface area contributed by atoms with E-state index in [-0.39, 0.29) is 43.5 Å². The molecule has 0 unspecified atom stereocenters. The molecule has 16 heavy (non-hydrogen) atoms. The van der Waals surface area contributed by atoms with Gasteiger partial charge in [-0.25, -0.2) is 0 Å². The molecule has 0 saturated heterocycles. The van der Waals surface area contributed by atoms with Crippen molar-refractivity contribution in [3.8, 4) is 0 Å². The van der Waals surface area contributed by atoms with E-state index < -0.39 is 0 Å². The van der Waals surface area contributed by atoms with Crippen LogP contribution < -0.4 is 0 Å². The smallest absolute Gasteiger partial charge is 0.310 e. The third-order valence-corrected chi connectivity index (χ3v) is 4.14. The molecule has 0 aromatic rings. The van der Waals surface area contributed by atoms with Crippen LogP contribution in [0.1, 0.15) is 62.3 Å². The van der Waals surface area contributed by atoms with Crippen molar-refractivity contribution in [1.82, 2.24) is 0 Å². The quantitative estimate of drug-likeness (QED) is 0.493. The van der Waals surface area contributed by atoms with Gasteiger partial charge in [0.05, 0.1) is 0 Å². The zero-order valence-electron chi connectivity index (χ0n) is 12.7. The molecule has 0 radical (unpaired) electrons. The molecule has 0 aromatic heterocycles. The average molecular weight is 298 g/mol. The molecule has 0 aromatic carbocycles. The maximum atomic E-state index is 2.38. The molecule has 0 bridgehead atoms. The monoisotopic (exact) mass is 298 g/mol. The van der Waals surface area contributed by atoms with Gasteiger partial charge in [-0.2, -0.15) is 13.8 Å². The minimum atomic E-state index is 0. The van der Waals surface area contributed by atoms with Crippen LogP contribution >= 0.6 is 0 Å². The predicted octanol–water partition coefficient (Wildman–Crippen LogP) is 5.25. The second-order valence-electron chi connectivity index (χ2n) is 7.03. The average Bonchev–Trinajstić information content (AvgIpc) is 1.99. The maximum absolute atomic E-state index is 2.38. The van der Waals surface area contributed by atoms with E-state index in [4.69, 9.17) is 0 Å². The molecule has 90 valence electrons. The second kappa shape index (κ2) is 6.14. The molecule has 0 heterocycles. The fourth-order valence-corrected chi connectivity index (χ4v) is 0.833. The molecular formula is C15H29Y+2. The van der Waals surface area contributed by atoms with E-state index in [1.807, 2.05) is 0 Å². The molecule has 0 rings (SSSR count). The van der Waals surface area contributed by atoms with Gasteiger partial charge in [-0.15, -0.1) is 11.5 Å². The van der Waals surface area contributed by atoms with Crippen LogP contribution in [0.25, 0.3) is 0 Å². The van der Waals surface area contributed by atoms with Crippen molar-refractivity contribution in [2.75, 3.05) is 0 Å². The predicted molar refractivity (Wildman–Crippen MR) is 70.7 cm³/mol. The van der Waals surface area contributed by atoms with Crippen molar-refractivity contribution in [3.05, 3.63) is 18.1 Å². The van der Waals surface area contributed by atoms with Gasteiger partial charge >= 0.3 is 32.7 Å². The first kappa shape index (κ1) is 19.2. The molecule has 1 heteroatoms. The summed E-state index contributed by atoms with van der Waals surface area (Å²) in [6.07, 6.45) is 4.73. The zero-order chi connectivity index (χ0) is 12.5. The summed E-state index contributed by atoms with van der Waals surface area (Å²) in [6, 6.07) is 0. The first-order valence-corrected chi connectivity index (χ1v) is 5.91. The molecule has 0 amide bonds. The molecule has 0 atom stereocenters. The molecule has 0 fully saturated rings. The first-order valence-electron chi connectivity index (χ1n) is 5.91. The maximum Gasteiger partial charge on any atom is 3.00 e. The Morgan fingerprint density at radius 1 is 0.750 bits per heavy atom. The number of allylic oxidation sites excluding steroid dienone is 2. The Kier molecular flexibility index (Phi) is 7.36. The van der Waals surface area contributed by atoms with Gasteiger partial charge < -0.3 is 5.92 Å². The molecule has 0 nitrogen and oxygen atoms in total. The summed E-state index contributed by atoms with van der Waals surface area (Å²) in [5, 5.41) is 0. The van der Waals surface area contributed by atoms with Crippen molar-refractivity contribution in [3.63, 3.8) is 0 Å². The van der Waals surface area contributed by atoms with Crippen molar-refractivity contribution >= 4 is 0 Å². The van der Waals surface area contributed by atoms with Crippen LogP contribution in [0.4, 0.5) is 0 Å². The fraction of sp³-hybridized carbons (Fsp3) is 0.800. The Morgan fingerprint density at radius 2 is 1.12 bits per heavy atom.